The first-order chi connectivity index (χ1) is 13.0. The number of hydrogen-bond donors (Lipinski definition) is 2. The highest BCUT2D eigenvalue weighted by Gasteiger charge is 2.44. The molecule has 2 saturated carbocycles. The lowest BCUT2D eigenvalue weighted by molar-refractivity contribution is -0.140. The van der Waals surface area contributed by atoms with E-state index in [4.69, 9.17) is 5.11 Å². The Balaban J connectivity index is 1.67. The molecule has 0 unspecified atom stereocenters. The predicted octanol–water partition coefficient (Wildman–Crippen LogP) is 3.25. The van der Waals surface area contributed by atoms with E-state index < -0.39 is 11.4 Å². The molecule has 0 aromatic heterocycles. The maximum atomic E-state index is 13.4. The Hall–Kier alpha value is -1.88. The van der Waals surface area contributed by atoms with Crippen LogP contribution < -0.4 is 5.32 Å². The summed E-state index contributed by atoms with van der Waals surface area (Å²) in [6.45, 7) is 4.90. The summed E-state index contributed by atoms with van der Waals surface area (Å²) in [7, 11) is 0. The Bertz CT molecular complexity index is 676. The van der Waals surface area contributed by atoms with Crippen LogP contribution in [0.15, 0.2) is 24.3 Å². The lowest BCUT2D eigenvalue weighted by Gasteiger charge is -2.45. The van der Waals surface area contributed by atoms with Crippen LogP contribution in [-0.4, -0.2) is 47.1 Å². The molecule has 27 heavy (non-hydrogen) atoms. The van der Waals surface area contributed by atoms with Gasteiger partial charge in [0.15, 0.2) is 0 Å². The molecule has 0 aliphatic heterocycles. The molecule has 2 N–H and O–H groups in total. The van der Waals surface area contributed by atoms with E-state index in [1.54, 1.807) is 0 Å². The van der Waals surface area contributed by atoms with Gasteiger partial charge in [0.05, 0.1) is 12.0 Å². The normalized spacial score (nSPS) is 24.3. The van der Waals surface area contributed by atoms with Crippen molar-refractivity contribution in [2.45, 2.75) is 76.3 Å². The minimum atomic E-state index is -0.787. The summed E-state index contributed by atoms with van der Waals surface area (Å²) in [5.41, 5.74) is 1.97. The second-order valence-corrected chi connectivity index (χ2v) is 8.21. The summed E-state index contributed by atoms with van der Waals surface area (Å²) >= 11 is 0. The van der Waals surface area contributed by atoms with Crippen molar-refractivity contribution in [1.29, 1.82) is 0 Å². The molecule has 2 fully saturated rings. The van der Waals surface area contributed by atoms with Crippen molar-refractivity contribution in [2.75, 3.05) is 13.1 Å². The summed E-state index contributed by atoms with van der Waals surface area (Å²) in [6, 6.07) is 8.71. The molecule has 5 nitrogen and oxygen atoms in total. The average molecular weight is 373 g/mol. The Morgan fingerprint density at radius 2 is 1.85 bits per heavy atom. The third kappa shape index (κ3) is 4.18. The largest absolute Gasteiger partial charge is 0.480 e. The van der Waals surface area contributed by atoms with Crippen LogP contribution in [0.5, 0.6) is 0 Å². The molecule has 0 atom stereocenters. The fourth-order valence-corrected chi connectivity index (χ4v) is 4.88. The van der Waals surface area contributed by atoms with E-state index in [0.717, 1.165) is 45.1 Å². The van der Waals surface area contributed by atoms with Crippen LogP contribution in [0.4, 0.5) is 0 Å². The topological polar surface area (TPSA) is 69.6 Å². The van der Waals surface area contributed by atoms with Crippen LogP contribution in [0, 0.1) is 6.92 Å². The first-order valence-corrected chi connectivity index (χ1v) is 10.3. The number of carbonyl (C=O) groups excluding carboxylic acids is 1. The highest BCUT2D eigenvalue weighted by molar-refractivity contribution is 5.89. The van der Waals surface area contributed by atoms with Crippen LogP contribution in [0.25, 0.3) is 0 Å². The molecule has 3 rings (SSSR count). The van der Waals surface area contributed by atoms with Gasteiger partial charge in [-0.2, -0.15) is 0 Å². The summed E-state index contributed by atoms with van der Waals surface area (Å²) in [5, 5.41) is 12.3. The molecule has 1 aromatic carbocycles. The fourth-order valence-electron chi connectivity index (χ4n) is 4.88. The molecule has 0 radical (unpaired) electrons. The molecular weight excluding hydrogens is 340 g/mol. The van der Waals surface area contributed by atoms with Gasteiger partial charge in [0.25, 0.3) is 0 Å². The number of nitrogens with one attached hydrogen (secondary N) is 1. The molecule has 0 heterocycles. The van der Waals surface area contributed by atoms with Crippen LogP contribution in [0.3, 0.4) is 0 Å². The number of hydrogen-bond acceptors (Lipinski definition) is 3. The number of benzene rings is 1. The Morgan fingerprint density at radius 1 is 1.19 bits per heavy atom. The molecule has 2 aliphatic rings. The molecule has 148 valence electrons. The zero-order chi connectivity index (χ0) is 19.4. The number of carbonyl (C=O) groups is 2. The van der Waals surface area contributed by atoms with E-state index in [-0.39, 0.29) is 24.5 Å². The van der Waals surface area contributed by atoms with E-state index in [0.29, 0.717) is 0 Å². The number of aliphatic carboxylic acids is 1. The van der Waals surface area contributed by atoms with Crippen LogP contribution >= 0.6 is 0 Å². The van der Waals surface area contributed by atoms with E-state index in [1.165, 1.54) is 17.5 Å². The van der Waals surface area contributed by atoms with Gasteiger partial charge in [-0.25, -0.2) is 0 Å². The Labute approximate surface area is 162 Å². The van der Waals surface area contributed by atoms with Crippen LogP contribution in [0.2, 0.25) is 0 Å². The van der Waals surface area contributed by atoms with E-state index in [2.05, 4.69) is 24.4 Å². The number of rotatable bonds is 7. The first kappa shape index (κ1) is 19.9. The number of aryl methyl sites for hydroxylation is 1. The van der Waals surface area contributed by atoms with Gasteiger partial charge in [0.2, 0.25) is 5.91 Å². The number of amides is 1. The number of nitrogens with zero attached hydrogens (tertiary/aromatic N) is 1. The minimum Gasteiger partial charge on any atom is -0.480 e. The zero-order valence-electron chi connectivity index (χ0n) is 16.5. The van der Waals surface area contributed by atoms with Crippen molar-refractivity contribution in [1.82, 2.24) is 10.2 Å². The summed E-state index contributed by atoms with van der Waals surface area (Å²) in [4.78, 5) is 26.4. The zero-order valence-corrected chi connectivity index (χ0v) is 16.5. The Kier molecular flexibility index (Phi) is 6.20. The van der Waals surface area contributed by atoms with Gasteiger partial charge in [-0.3, -0.25) is 14.5 Å². The van der Waals surface area contributed by atoms with Crippen molar-refractivity contribution in [2.24, 2.45) is 0 Å². The molecule has 0 spiro atoms. The number of likely N-dealkylation sites (N-methyl/N-ethyl adjacent to an activating group) is 1. The van der Waals surface area contributed by atoms with Crippen molar-refractivity contribution < 1.29 is 14.7 Å². The predicted molar refractivity (Wildman–Crippen MR) is 106 cm³/mol. The van der Waals surface area contributed by atoms with Gasteiger partial charge in [-0.15, -0.1) is 0 Å². The molecule has 1 aromatic rings. The Morgan fingerprint density at radius 3 is 2.44 bits per heavy atom. The lowest BCUT2D eigenvalue weighted by atomic mass is 9.67. The first-order valence-electron chi connectivity index (χ1n) is 10.3. The smallest absolute Gasteiger partial charge is 0.317 e. The third-order valence-electron chi connectivity index (χ3n) is 6.51. The highest BCUT2D eigenvalue weighted by atomic mass is 16.4. The third-order valence-corrected chi connectivity index (χ3v) is 6.51. The second-order valence-electron chi connectivity index (χ2n) is 8.21. The van der Waals surface area contributed by atoms with Crippen molar-refractivity contribution >= 4 is 11.9 Å². The van der Waals surface area contributed by atoms with Gasteiger partial charge in [-0.1, -0.05) is 50.5 Å². The van der Waals surface area contributed by atoms with Crippen LogP contribution in [0.1, 0.15) is 63.0 Å². The minimum absolute atomic E-state index is 0.0784. The summed E-state index contributed by atoms with van der Waals surface area (Å²) in [5.74, 6) is -0.619. The van der Waals surface area contributed by atoms with Gasteiger partial charge in [0, 0.05) is 12.1 Å². The quantitative estimate of drug-likeness (QED) is 0.771. The maximum Gasteiger partial charge on any atom is 0.317 e. The van der Waals surface area contributed by atoms with E-state index >= 15 is 0 Å². The average Bonchev–Trinajstić information content (AvgIpc) is 2.63. The van der Waals surface area contributed by atoms with E-state index in [9.17, 15) is 9.59 Å². The molecule has 2 aliphatic carbocycles. The summed E-state index contributed by atoms with van der Waals surface area (Å²) < 4.78 is 0. The number of carboxylic acid groups (broad SMARTS) is 1. The fraction of sp³-hybridized carbons (Fsp3) is 0.636. The molecular formula is C22H32N2O3. The lowest BCUT2D eigenvalue weighted by Crippen LogP contribution is -2.58. The standard InChI is InChI=1S/C22H32N2O3/c1-3-24(15-20(25)26)18-13-17(14-18)23-21(27)22(11-7-4-8-12-22)19-10-6-5-9-16(19)2/h5-6,9-10,17-18H,3-4,7-8,11-15H2,1-2H3,(H,23,27)(H,25,26). The van der Waals surface area contributed by atoms with Gasteiger partial charge >= 0.3 is 5.97 Å². The van der Waals surface area contributed by atoms with Crippen LogP contribution in [-0.2, 0) is 15.0 Å². The van der Waals surface area contributed by atoms with Gasteiger partial charge < -0.3 is 10.4 Å². The highest BCUT2D eigenvalue weighted by Crippen LogP contribution is 2.41. The number of carboxylic acids is 1. The maximum absolute atomic E-state index is 13.4. The molecule has 0 saturated heterocycles. The molecule has 5 heteroatoms. The van der Waals surface area contributed by atoms with E-state index in [1.807, 2.05) is 24.0 Å². The SMILES string of the molecule is CCN(CC(=O)O)C1CC(NC(=O)C2(c3ccccc3C)CCCCC2)C1. The van der Waals surface area contributed by atoms with Gasteiger partial charge in [-0.05, 0) is 50.3 Å². The van der Waals surface area contributed by atoms with Gasteiger partial charge in [0.1, 0.15) is 0 Å². The van der Waals surface area contributed by atoms with Crippen molar-refractivity contribution in [3.63, 3.8) is 0 Å². The van der Waals surface area contributed by atoms with Crippen molar-refractivity contribution in [3.8, 4) is 0 Å². The second kappa shape index (κ2) is 8.42. The molecule has 0 bridgehead atoms. The molecule has 1 amide bonds. The summed E-state index contributed by atoms with van der Waals surface area (Å²) in [6.07, 6.45) is 6.91. The monoisotopic (exact) mass is 372 g/mol. The van der Waals surface area contributed by atoms with Crippen molar-refractivity contribution in [3.05, 3.63) is 35.4 Å².